The molecule has 1 saturated heterocycles. The molecule has 0 bridgehead atoms. The minimum absolute atomic E-state index is 0.0221. The number of carbonyl (C=O) groups excluding carboxylic acids is 1. The standard InChI is InChI=1S/C22H36F3N5O/c1-7-21(5,6)27-19(31)13-29-9-8-14(12-29)15-10-18-26-16(20(2,3)4)11-17(22(23,24)25)30(18)28-15/h10,14,16-17,26H,7-9,11-13H2,1-6H3,(H,27,31)/t14-,16+,17+/m0/s1. The van der Waals surface area contributed by atoms with Gasteiger partial charge in [0.25, 0.3) is 0 Å². The van der Waals surface area contributed by atoms with Gasteiger partial charge in [-0.3, -0.25) is 9.69 Å². The predicted octanol–water partition coefficient (Wildman–Crippen LogP) is 4.31. The van der Waals surface area contributed by atoms with Gasteiger partial charge in [0.15, 0.2) is 6.04 Å². The maximum Gasteiger partial charge on any atom is 0.410 e. The monoisotopic (exact) mass is 443 g/mol. The van der Waals surface area contributed by atoms with Crippen LogP contribution in [0.2, 0.25) is 0 Å². The van der Waals surface area contributed by atoms with Crippen molar-refractivity contribution >= 4 is 11.7 Å². The highest BCUT2D eigenvalue weighted by Crippen LogP contribution is 2.44. The lowest BCUT2D eigenvalue weighted by Crippen LogP contribution is -2.47. The Bertz CT molecular complexity index is 796. The van der Waals surface area contributed by atoms with Gasteiger partial charge in [-0.05, 0) is 45.1 Å². The number of likely N-dealkylation sites (tertiary alicyclic amines) is 1. The summed E-state index contributed by atoms with van der Waals surface area (Å²) >= 11 is 0. The molecule has 0 saturated carbocycles. The Morgan fingerprint density at radius 1 is 1.26 bits per heavy atom. The molecule has 3 rings (SSSR count). The molecule has 0 aromatic carbocycles. The smallest absolute Gasteiger partial charge is 0.367 e. The molecule has 1 aromatic heterocycles. The van der Waals surface area contributed by atoms with Crippen molar-refractivity contribution < 1.29 is 18.0 Å². The van der Waals surface area contributed by atoms with Crippen molar-refractivity contribution in [3.8, 4) is 0 Å². The molecule has 6 nitrogen and oxygen atoms in total. The van der Waals surface area contributed by atoms with Gasteiger partial charge in [-0.25, -0.2) is 4.68 Å². The Balaban J connectivity index is 1.72. The Morgan fingerprint density at radius 2 is 1.94 bits per heavy atom. The van der Waals surface area contributed by atoms with Gasteiger partial charge in [0.05, 0.1) is 12.2 Å². The lowest BCUT2D eigenvalue weighted by atomic mass is 9.82. The fraction of sp³-hybridized carbons (Fsp3) is 0.818. The molecular weight excluding hydrogens is 407 g/mol. The van der Waals surface area contributed by atoms with Gasteiger partial charge in [-0.1, -0.05) is 27.7 Å². The minimum Gasteiger partial charge on any atom is -0.367 e. The van der Waals surface area contributed by atoms with Crippen molar-refractivity contribution in [1.29, 1.82) is 0 Å². The highest BCUT2D eigenvalue weighted by molar-refractivity contribution is 5.78. The third-order valence-corrected chi connectivity index (χ3v) is 6.67. The summed E-state index contributed by atoms with van der Waals surface area (Å²) in [5.74, 6) is 0.432. The first-order valence-electron chi connectivity index (χ1n) is 11.2. The van der Waals surface area contributed by atoms with Gasteiger partial charge in [0.2, 0.25) is 5.91 Å². The van der Waals surface area contributed by atoms with Crippen molar-refractivity contribution in [2.75, 3.05) is 25.0 Å². The molecule has 2 aliphatic heterocycles. The molecule has 0 aliphatic carbocycles. The fourth-order valence-electron chi connectivity index (χ4n) is 4.29. The topological polar surface area (TPSA) is 62.2 Å². The van der Waals surface area contributed by atoms with Crippen molar-refractivity contribution in [1.82, 2.24) is 20.0 Å². The SMILES string of the molecule is CCC(C)(C)NC(=O)CN1CC[C@H](c2cc3n(n2)[C@@H](C(F)(F)F)C[C@H](C(C)(C)C)N3)C1. The number of alkyl halides is 3. The first kappa shape index (κ1) is 23.9. The zero-order chi connectivity index (χ0) is 23.2. The number of carbonyl (C=O) groups is 1. The number of amides is 1. The molecule has 0 spiro atoms. The average molecular weight is 444 g/mol. The van der Waals surface area contributed by atoms with Crippen molar-refractivity contribution in [2.45, 2.75) is 90.5 Å². The van der Waals surface area contributed by atoms with E-state index in [-0.39, 0.29) is 35.2 Å². The van der Waals surface area contributed by atoms with Gasteiger partial charge in [-0.15, -0.1) is 0 Å². The van der Waals surface area contributed by atoms with E-state index in [9.17, 15) is 18.0 Å². The minimum atomic E-state index is -4.35. The van der Waals surface area contributed by atoms with Gasteiger partial charge in [0, 0.05) is 30.1 Å². The molecule has 3 heterocycles. The molecule has 2 N–H and O–H groups in total. The molecule has 1 amide bonds. The van der Waals surface area contributed by atoms with Crippen LogP contribution in [-0.4, -0.2) is 58.0 Å². The maximum atomic E-state index is 13.8. The highest BCUT2D eigenvalue weighted by atomic mass is 19.4. The summed E-state index contributed by atoms with van der Waals surface area (Å²) in [7, 11) is 0. The van der Waals surface area contributed by atoms with Crippen molar-refractivity contribution in [2.24, 2.45) is 5.41 Å². The second-order valence-corrected chi connectivity index (χ2v) is 10.8. The van der Waals surface area contributed by atoms with Crippen molar-refractivity contribution in [3.05, 3.63) is 11.8 Å². The van der Waals surface area contributed by atoms with Crippen LogP contribution in [0.3, 0.4) is 0 Å². The summed E-state index contributed by atoms with van der Waals surface area (Å²) in [5, 5.41) is 10.7. The summed E-state index contributed by atoms with van der Waals surface area (Å²) in [4.78, 5) is 14.4. The number of halogens is 3. The lowest BCUT2D eigenvalue weighted by molar-refractivity contribution is -0.175. The fourth-order valence-corrected chi connectivity index (χ4v) is 4.29. The van der Waals surface area contributed by atoms with Gasteiger partial charge in [-0.2, -0.15) is 18.3 Å². The summed E-state index contributed by atoms with van der Waals surface area (Å²) in [6.07, 6.45) is -2.77. The normalized spacial score (nSPS) is 25.3. The lowest BCUT2D eigenvalue weighted by Gasteiger charge is -2.39. The van der Waals surface area contributed by atoms with E-state index in [1.165, 1.54) is 0 Å². The quantitative estimate of drug-likeness (QED) is 0.712. The molecular formula is C22H36F3N5O. The van der Waals surface area contributed by atoms with E-state index in [1.54, 1.807) is 6.07 Å². The Kier molecular flexibility index (Phi) is 6.39. The number of hydrogen-bond donors (Lipinski definition) is 2. The molecule has 176 valence electrons. The van der Waals surface area contributed by atoms with Crippen molar-refractivity contribution in [3.63, 3.8) is 0 Å². The van der Waals surface area contributed by atoms with E-state index in [4.69, 9.17) is 0 Å². The summed E-state index contributed by atoms with van der Waals surface area (Å²) < 4.78 is 42.5. The zero-order valence-electron chi connectivity index (χ0n) is 19.4. The van der Waals surface area contributed by atoms with Crippen LogP contribution in [-0.2, 0) is 4.79 Å². The zero-order valence-corrected chi connectivity index (χ0v) is 19.4. The molecule has 1 fully saturated rings. The second-order valence-electron chi connectivity index (χ2n) is 10.8. The number of aromatic nitrogens is 2. The number of rotatable bonds is 5. The van der Waals surface area contributed by atoms with Crippen LogP contribution in [0.1, 0.15) is 78.5 Å². The second kappa shape index (κ2) is 8.30. The number of anilines is 1. The molecule has 1 aromatic rings. The number of nitrogens with one attached hydrogen (secondary N) is 2. The van der Waals surface area contributed by atoms with Gasteiger partial charge < -0.3 is 10.6 Å². The predicted molar refractivity (Wildman–Crippen MR) is 115 cm³/mol. The van der Waals surface area contributed by atoms with Crippen LogP contribution in [0.5, 0.6) is 0 Å². The Morgan fingerprint density at radius 3 is 2.52 bits per heavy atom. The van der Waals surface area contributed by atoms with Gasteiger partial charge in [0.1, 0.15) is 5.82 Å². The van der Waals surface area contributed by atoms with E-state index in [0.717, 1.165) is 24.1 Å². The Hall–Kier alpha value is -1.77. The van der Waals surface area contributed by atoms with E-state index in [2.05, 4.69) is 20.6 Å². The first-order chi connectivity index (χ1) is 14.2. The van der Waals surface area contributed by atoms with Crippen LogP contribution in [0, 0.1) is 5.41 Å². The van der Waals surface area contributed by atoms with Crippen LogP contribution in [0.4, 0.5) is 19.0 Å². The van der Waals surface area contributed by atoms with E-state index < -0.39 is 12.2 Å². The number of nitrogens with zero attached hydrogens (tertiary/aromatic N) is 3. The summed E-state index contributed by atoms with van der Waals surface area (Å²) in [6.45, 7) is 13.5. The Labute approximate surface area is 182 Å². The van der Waals surface area contributed by atoms with Crippen LogP contribution >= 0.6 is 0 Å². The number of hydrogen-bond acceptors (Lipinski definition) is 4. The largest absolute Gasteiger partial charge is 0.410 e. The average Bonchev–Trinajstić information content (AvgIpc) is 3.24. The highest BCUT2D eigenvalue weighted by Gasteiger charge is 2.48. The molecule has 0 radical (unpaired) electrons. The maximum absolute atomic E-state index is 13.8. The van der Waals surface area contributed by atoms with Crippen LogP contribution in [0.15, 0.2) is 6.07 Å². The van der Waals surface area contributed by atoms with Crippen LogP contribution in [0.25, 0.3) is 0 Å². The summed E-state index contributed by atoms with van der Waals surface area (Å²) in [5.41, 5.74) is 0.118. The van der Waals surface area contributed by atoms with E-state index in [1.807, 2.05) is 41.5 Å². The molecule has 3 atom stereocenters. The summed E-state index contributed by atoms with van der Waals surface area (Å²) in [6, 6.07) is -0.145. The first-order valence-corrected chi connectivity index (χ1v) is 11.2. The molecule has 9 heteroatoms. The molecule has 0 unspecified atom stereocenters. The third-order valence-electron chi connectivity index (χ3n) is 6.67. The van der Waals surface area contributed by atoms with E-state index in [0.29, 0.717) is 24.6 Å². The molecule has 31 heavy (non-hydrogen) atoms. The van der Waals surface area contributed by atoms with Crippen LogP contribution < -0.4 is 10.6 Å². The molecule has 2 aliphatic rings. The van der Waals surface area contributed by atoms with E-state index >= 15 is 0 Å². The van der Waals surface area contributed by atoms with Gasteiger partial charge >= 0.3 is 6.18 Å². The number of fused-ring (bicyclic) bond motifs is 1. The third kappa shape index (κ3) is 5.54.